The summed E-state index contributed by atoms with van der Waals surface area (Å²) in [6.45, 7) is 1.61. The van der Waals surface area contributed by atoms with Crippen LogP contribution in [-0.2, 0) is 0 Å². The van der Waals surface area contributed by atoms with Crippen LogP contribution < -0.4 is 0 Å². The van der Waals surface area contributed by atoms with Crippen LogP contribution in [0.15, 0.2) is 12.3 Å². The second-order valence-corrected chi connectivity index (χ2v) is 2.13. The van der Waals surface area contributed by atoms with E-state index in [0.717, 1.165) is 0 Å². The number of carboxylic acids is 1. The third-order valence-electron chi connectivity index (χ3n) is 1.33. The SMILES string of the molecule is Cc1ccnc(C(=O)O)c1O.Cl. The number of aromatic hydroxyl groups is 1. The van der Waals surface area contributed by atoms with Crippen LogP contribution in [0, 0.1) is 6.92 Å². The molecule has 0 aliphatic rings. The smallest absolute Gasteiger partial charge is 0.358 e. The van der Waals surface area contributed by atoms with Crippen LogP contribution in [0.3, 0.4) is 0 Å². The normalized spacial score (nSPS) is 8.75. The van der Waals surface area contributed by atoms with Crippen molar-refractivity contribution >= 4 is 18.4 Å². The van der Waals surface area contributed by atoms with Gasteiger partial charge >= 0.3 is 5.97 Å². The summed E-state index contributed by atoms with van der Waals surface area (Å²) in [7, 11) is 0. The molecule has 0 unspecified atom stereocenters. The number of pyridine rings is 1. The summed E-state index contributed by atoms with van der Waals surface area (Å²) < 4.78 is 0. The van der Waals surface area contributed by atoms with Crippen molar-refractivity contribution in [2.75, 3.05) is 0 Å². The lowest BCUT2D eigenvalue weighted by Crippen LogP contribution is -2.00. The summed E-state index contributed by atoms with van der Waals surface area (Å²) in [6.07, 6.45) is 1.35. The quantitative estimate of drug-likeness (QED) is 0.697. The highest BCUT2D eigenvalue weighted by molar-refractivity contribution is 5.88. The second-order valence-electron chi connectivity index (χ2n) is 2.13. The summed E-state index contributed by atoms with van der Waals surface area (Å²) in [6, 6.07) is 1.54. The van der Waals surface area contributed by atoms with Crippen molar-refractivity contribution in [3.05, 3.63) is 23.5 Å². The zero-order valence-electron chi connectivity index (χ0n) is 6.31. The highest BCUT2D eigenvalue weighted by Crippen LogP contribution is 2.18. The van der Waals surface area contributed by atoms with Gasteiger partial charge in [0.2, 0.25) is 0 Å². The molecule has 1 aromatic heterocycles. The fourth-order valence-electron chi connectivity index (χ4n) is 0.707. The molecule has 0 bridgehead atoms. The molecule has 2 N–H and O–H groups in total. The van der Waals surface area contributed by atoms with E-state index in [9.17, 15) is 4.79 Å². The van der Waals surface area contributed by atoms with Crippen LogP contribution in [0.25, 0.3) is 0 Å². The van der Waals surface area contributed by atoms with Crippen molar-refractivity contribution in [1.82, 2.24) is 4.98 Å². The summed E-state index contributed by atoms with van der Waals surface area (Å²) in [4.78, 5) is 13.8. The minimum Gasteiger partial charge on any atom is -0.505 e. The minimum atomic E-state index is -1.22. The standard InChI is InChI=1S/C7H7NO3.ClH/c1-4-2-3-8-5(6(4)9)7(10)11;/h2-3,9H,1H3,(H,10,11);1H. The van der Waals surface area contributed by atoms with E-state index >= 15 is 0 Å². The zero-order valence-corrected chi connectivity index (χ0v) is 7.13. The first kappa shape index (κ1) is 10.7. The maximum atomic E-state index is 10.4. The number of rotatable bonds is 1. The highest BCUT2D eigenvalue weighted by Gasteiger charge is 2.11. The van der Waals surface area contributed by atoms with Gasteiger partial charge in [0.05, 0.1) is 0 Å². The van der Waals surface area contributed by atoms with E-state index in [1.165, 1.54) is 6.20 Å². The molecule has 0 saturated heterocycles. The van der Waals surface area contributed by atoms with Gasteiger partial charge in [-0.15, -0.1) is 12.4 Å². The summed E-state index contributed by atoms with van der Waals surface area (Å²) in [5.41, 5.74) is 0.211. The molecule has 12 heavy (non-hydrogen) atoms. The molecule has 1 heterocycles. The fraction of sp³-hybridized carbons (Fsp3) is 0.143. The molecule has 66 valence electrons. The van der Waals surface area contributed by atoms with Crippen molar-refractivity contribution in [2.24, 2.45) is 0 Å². The molecule has 0 atom stereocenters. The predicted molar refractivity (Wildman–Crippen MR) is 44.8 cm³/mol. The van der Waals surface area contributed by atoms with E-state index in [1.807, 2.05) is 0 Å². The number of aromatic carboxylic acids is 1. The number of hydrogen-bond acceptors (Lipinski definition) is 3. The van der Waals surface area contributed by atoms with Gasteiger partial charge in [-0.05, 0) is 18.6 Å². The zero-order chi connectivity index (χ0) is 8.43. The van der Waals surface area contributed by atoms with Gasteiger partial charge in [0.1, 0.15) is 0 Å². The number of carboxylic acid groups (broad SMARTS) is 1. The van der Waals surface area contributed by atoms with Gasteiger partial charge in [-0.1, -0.05) is 0 Å². The Kier molecular flexibility index (Phi) is 3.50. The van der Waals surface area contributed by atoms with Crippen LogP contribution >= 0.6 is 12.4 Å². The van der Waals surface area contributed by atoms with Crippen molar-refractivity contribution in [3.8, 4) is 5.75 Å². The molecule has 0 amide bonds. The summed E-state index contributed by atoms with van der Waals surface area (Å²) in [5.74, 6) is -1.48. The van der Waals surface area contributed by atoms with Gasteiger partial charge in [-0.3, -0.25) is 0 Å². The van der Waals surface area contributed by atoms with Crippen molar-refractivity contribution < 1.29 is 15.0 Å². The van der Waals surface area contributed by atoms with Crippen molar-refractivity contribution in [2.45, 2.75) is 6.92 Å². The van der Waals surface area contributed by atoms with Gasteiger partial charge in [-0.25, -0.2) is 9.78 Å². The van der Waals surface area contributed by atoms with Gasteiger partial charge < -0.3 is 10.2 Å². The molecule has 5 heteroatoms. The molecule has 4 nitrogen and oxygen atoms in total. The first-order valence-corrected chi connectivity index (χ1v) is 3.01. The number of aryl methyl sites for hydroxylation is 1. The largest absolute Gasteiger partial charge is 0.505 e. The van der Waals surface area contributed by atoms with E-state index in [4.69, 9.17) is 10.2 Å². The first-order chi connectivity index (χ1) is 5.13. The Morgan fingerprint density at radius 3 is 2.58 bits per heavy atom. The van der Waals surface area contributed by atoms with Crippen LogP contribution in [-0.4, -0.2) is 21.2 Å². The average molecular weight is 190 g/mol. The topological polar surface area (TPSA) is 70.4 Å². The summed E-state index contributed by atoms with van der Waals surface area (Å²) >= 11 is 0. The van der Waals surface area contributed by atoms with Crippen molar-refractivity contribution in [1.29, 1.82) is 0 Å². The average Bonchev–Trinajstić information content (AvgIpc) is 1.94. The lowest BCUT2D eigenvalue weighted by molar-refractivity contribution is 0.0687. The minimum absolute atomic E-state index is 0. The predicted octanol–water partition coefficient (Wildman–Crippen LogP) is 1.22. The van der Waals surface area contributed by atoms with Crippen molar-refractivity contribution in [3.63, 3.8) is 0 Å². The van der Waals surface area contributed by atoms with Gasteiger partial charge in [-0.2, -0.15) is 0 Å². The molecule has 0 aliphatic carbocycles. The number of aromatic nitrogens is 1. The highest BCUT2D eigenvalue weighted by atomic mass is 35.5. The Hall–Kier alpha value is -1.29. The first-order valence-electron chi connectivity index (χ1n) is 3.01. The molecule has 1 rings (SSSR count). The monoisotopic (exact) mass is 189 g/mol. The van der Waals surface area contributed by atoms with Gasteiger partial charge in [0, 0.05) is 6.20 Å². The van der Waals surface area contributed by atoms with Gasteiger partial charge in [0.15, 0.2) is 11.4 Å². The lowest BCUT2D eigenvalue weighted by Gasteiger charge is -1.99. The Balaban J connectivity index is 0.00000121. The second kappa shape index (κ2) is 3.92. The Morgan fingerprint density at radius 1 is 1.58 bits per heavy atom. The molecule has 0 aliphatic heterocycles. The number of nitrogens with zero attached hydrogens (tertiary/aromatic N) is 1. The van der Waals surface area contributed by atoms with Crippen LogP contribution in [0.5, 0.6) is 5.75 Å². The Morgan fingerprint density at radius 2 is 2.17 bits per heavy atom. The Bertz CT molecular complexity index is 301. The molecule has 0 spiro atoms. The maximum absolute atomic E-state index is 10.4. The van der Waals surface area contributed by atoms with Crippen LogP contribution in [0.1, 0.15) is 16.1 Å². The molecule has 0 fully saturated rings. The number of hydrogen-bond donors (Lipinski definition) is 2. The molecule has 0 radical (unpaired) electrons. The number of carbonyl (C=O) groups is 1. The van der Waals surface area contributed by atoms with Crippen LogP contribution in [0.4, 0.5) is 0 Å². The maximum Gasteiger partial charge on any atom is 0.358 e. The third-order valence-corrected chi connectivity index (χ3v) is 1.33. The van der Waals surface area contributed by atoms with Gasteiger partial charge in [0.25, 0.3) is 0 Å². The third kappa shape index (κ3) is 1.85. The Labute approximate surface area is 75.3 Å². The molecular weight excluding hydrogens is 182 g/mol. The molecular formula is C7H8ClNO3. The van der Waals surface area contributed by atoms with Crippen LogP contribution in [0.2, 0.25) is 0 Å². The van der Waals surface area contributed by atoms with E-state index in [0.29, 0.717) is 5.56 Å². The summed E-state index contributed by atoms with van der Waals surface area (Å²) in [5, 5.41) is 17.6. The molecule has 0 saturated carbocycles. The molecule has 0 aromatic carbocycles. The fourth-order valence-corrected chi connectivity index (χ4v) is 0.707. The van der Waals surface area contributed by atoms with E-state index in [1.54, 1.807) is 13.0 Å². The van der Waals surface area contributed by atoms with E-state index < -0.39 is 5.97 Å². The van der Waals surface area contributed by atoms with E-state index in [2.05, 4.69) is 4.98 Å². The number of halogens is 1. The lowest BCUT2D eigenvalue weighted by atomic mass is 10.2. The molecule has 1 aromatic rings. The van der Waals surface area contributed by atoms with E-state index in [-0.39, 0.29) is 23.9 Å².